The van der Waals surface area contributed by atoms with Crippen LogP contribution in [0.4, 0.5) is 0 Å². The van der Waals surface area contributed by atoms with Crippen molar-refractivity contribution < 1.29 is 23.9 Å². The van der Waals surface area contributed by atoms with Crippen LogP contribution in [0.2, 0.25) is 0 Å². The maximum absolute atomic E-state index is 13.0. The SMILES string of the molecule is CC1=C2CC(C(=O)OC(C)(C)C)(C(=O)OC(C)(C)C)C[C@]2(C)CC1=O. The van der Waals surface area contributed by atoms with E-state index in [4.69, 9.17) is 9.47 Å². The van der Waals surface area contributed by atoms with E-state index in [1.165, 1.54) is 0 Å². The third kappa shape index (κ3) is 3.65. The number of ether oxygens (including phenoxy) is 2. The number of hydrogen-bond donors (Lipinski definition) is 0. The summed E-state index contributed by atoms with van der Waals surface area (Å²) in [5, 5.41) is 0. The van der Waals surface area contributed by atoms with E-state index in [2.05, 4.69) is 0 Å². The van der Waals surface area contributed by atoms with Crippen molar-refractivity contribution in [1.29, 1.82) is 0 Å². The molecule has 0 aromatic rings. The van der Waals surface area contributed by atoms with E-state index in [1.54, 1.807) is 48.5 Å². The molecular weight excluding hydrogens is 320 g/mol. The van der Waals surface area contributed by atoms with Crippen molar-refractivity contribution in [1.82, 2.24) is 0 Å². The molecule has 0 amide bonds. The predicted octanol–water partition coefficient (Wildman–Crippen LogP) is 3.75. The van der Waals surface area contributed by atoms with Gasteiger partial charge in [-0.25, -0.2) is 0 Å². The van der Waals surface area contributed by atoms with Crippen LogP contribution in [-0.4, -0.2) is 28.9 Å². The third-order valence-electron chi connectivity index (χ3n) is 4.90. The van der Waals surface area contributed by atoms with E-state index in [9.17, 15) is 14.4 Å². The Balaban J connectivity index is 2.48. The van der Waals surface area contributed by atoms with Crippen LogP contribution in [-0.2, 0) is 23.9 Å². The number of fused-ring (bicyclic) bond motifs is 1. The predicted molar refractivity (Wildman–Crippen MR) is 93.8 cm³/mol. The lowest BCUT2D eigenvalue weighted by molar-refractivity contribution is -0.185. The zero-order chi connectivity index (χ0) is 19.4. The van der Waals surface area contributed by atoms with Gasteiger partial charge in [-0.05, 0) is 72.3 Å². The van der Waals surface area contributed by atoms with Crippen LogP contribution in [0.25, 0.3) is 0 Å². The van der Waals surface area contributed by atoms with Crippen molar-refractivity contribution in [3.8, 4) is 0 Å². The molecule has 1 atom stereocenters. The second kappa shape index (κ2) is 5.68. The van der Waals surface area contributed by atoms with Crippen LogP contribution in [0.3, 0.4) is 0 Å². The van der Waals surface area contributed by atoms with Crippen LogP contribution in [0.5, 0.6) is 0 Å². The standard InChI is InChI=1S/C20H30O5/c1-12-13-9-20(15(22)24-17(2,3)4,16(23)25-18(5,6)7)11-19(13,8)10-14(12)21/h9-11H2,1-8H3/t19-/m0/s1. The highest BCUT2D eigenvalue weighted by atomic mass is 16.6. The fourth-order valence-electron chi connectivity index (χ4n) is 3.88. The number of carbonyl (C=O) groups is 3. The molecule has 2 rings (SSSR count). The molecule has 0 radical (unpaired) electrons. The monoisotopic (exact) mass is 350 g/mol. The van der Waals surface area contributed by atoms with Crippen LogP contribution in [0, 0.1) is 10.8 Å². The highest BCUT2D eigenvalue weighted by Gasteiger charge is 2.63. The molecule has 0 heterocycles. The van der Waals surface area contributed by atoms with E-state index in [0.717, 1.165) is 5.57 Å². The zero-order valence-corrected chi connectivity index (χ0v) is 16.7. The minimum Gasteiger partial charge on any atom is -0.459 e. The van der Waals surface area contributed by atoms with E-state index < -0.39 is 34.0 Å². The number of hydrogen-bond acceptors (Lipinski definition) is 5. The average Bonchev–Trinajstić information content (AvgIpc) is 2.77. The Bertz CT molecular complexity index is 629. The van der Waals surface area contributed by atoms with Crippen LogP contribution in [0.15, 0.2) is 11.1 Å². The summed E-state index contributed by atoms with van der Waals surface area (Å²) in [4.78, 5) is 38.2. The summed E-state index contributed by atoms with van der Waals surface area (Å²) in [5.74, 6) is -1.02. The largest absolute Gasteiger partial charge is 0.459 e. The average molecular weight is 350 g/mol. The highest BCUT2D eigenvalue weighted by Crippen LogP contribution is 2.60. The summed E-state index contributed by atoms with van der Waals surface area (Å²) >= 11 is 0. The van der Waals surface area contributed by atoms with Crippen molar-refractivity contribution in [3.63, 3.8) is 0 Å². The molecular formula is C20H30O5. The highest BCUT2D eigenvalue weighted by molar-refractivity contribution is 6.05. The van der Waals surface area contributed by atoms with Gasteiger partial charge in [-0.1, -0.05) is 12.5 Å². The van der Waals surface area contributed by atoms with E-state index in [-0.39, 0.29) is 18.6 Å². The molecule has 0 saturated heterocycles. The zero-order valence-electron chi connectivity index (χ0n) is 16.7. The Morgan fingerprint density at radius 3 is 1.72 bits per heavy atom. The lowest BCUT2D eigenvalue weighted by Gasteiger charge is -2.33. The van der Waals surface area contributed by atoms with Crippen LogP contribution in [0.1, 0.15) is 74.7 Å². The summed E-state index contributed by atoms with van der Waals surface area (Å²) < 4.78 is 11.2. The van der Waals surface area contributed by atoms with Gasteiger partial charge in [0.05, 0.1) is 0 Å². The molecule has 5 heteroatoms. The molecule has 0 aliphatic heterocycles. The fourth-order valence-corrected chi connectivity index (χ4v) is 3.88. The maximum Gasteiger partial charge on any atom is 0.324 e. The Morgan fingerprint density at radius 1 is 0.920 bits per heavy atom. The molecule has 25 heavy (non-hydrogen) atoms. The number of carbonyl (C=O) groups excluding carboxylic acids is 3. The summed E-state index contributed by atoms with van der Waals surface area (Å²) in [6.07, 6.45) is 0.786. The van der Waals surface area contributed by atoms with Gasteiger partial charge in [0, 0.05) is 6.42 Å². The molecule has 0 aromatic carbocycles. The maximum atomic E-state index is 13.0. The van der Waals surface area contributed by atoms with Gasteiger partial charge in [-0.3, -0.25) is 14.4 Å². The Morgan fingerprint density at radius 2 is 1.36 bits per heavy atom. The van der Waals surface area contributed by atoms with Crippen LogP contribution < -0.4 is 0 Å². The van der Waals surface area contributed by atoms with Crippen LogP contribution >= 0.6 is 0 Å². The molecule has 0 aromatic heterocycles. The smallest absolute Gasteiger partial charge is 0.324 e. The molecule has 0 bridgehead atoms. The van der Waals surface area contributed by atoms with Gasteiger partial charge in [0.25, 0.3) is 0 Å². The fraction of sp³-hybridized carbons (Fsp3) is 0.750. The van der Waals surface area contributed by atoms with Gasteiger partial charge < -0.3 is 9.47 Å². The first-order valence-electron chi connectivity index (χ1n) is 8.80. The molecule has 2 aliphatic carbocycles. The molecule has 1 fully saturated rings. The quantitative estimate of drug-likeness (QED) is 0.560. The first-order valence-corrected chi connectivity index (χ1v) is 8.80. The van der Waals surface area contributed by atoms with Crippen molar-refractivity contribution in [2.45, 2.75) is 85.9 Å². The molecule has 0 N–H and O–H groups in total. The third-order valence-corrected chi connectivity index (χ3v) is 4.90. The number of allylic oxidation sites excluding steroid dienone is 2. The number of ketones is 1. The van der Waals surface area contributed by atoms with E-state index in [0.29, 0.717) is 12.0 Å². The van der Waals surface area contributed by atoms with E-state index >= 15 is 0 Å². The minimum atomic E-state index is -1.38. The van der Waals surface area contributed by atoms with Gasteiger partial charge >= 0.3 is 11.9 Å². The Kier molecular flexibility index (Phi) is 4.47. The van der Waals surface area contributed by atoms with Crippen molar-refractivity contribution >= 4 is 17.7 Å². The summed E-state index contributed by atoms with van der Waals surface area (Å²) in [5.41, 5.74) is -1.69. The molecule has 0 spiro atoms. The summed E-state index contributed by atoms with van der Waals surface area (Å²) in [6.45, 7) is 14.4. The molecule has 1 saturated carbocycles. The number of rotatable bonds is 2. The van der Waals surface area contributed by atoms with Gasteiger partial charge in [0.2, 0.25) is 0 Å². The molecule has 5 nitrogen and oxygen atoms in total. The summed E-state index contributed by atoms with van der Waals surface area (Å²) in [7, 11) is 0. The van der Waals surface area contributed by atoms with Gasteiger partial charge in [-0.2, -0.15) is 0 Å². The normalized spacial score (nSPS) is 25.8. The Labute approximate surface area is 150 Å². The first kappa shape index (κ1) is 19.7. The van der Waals surface area contributed by atoms with Crippen molar-refractivity contribution in [2.75, 3.05) is 0 Å². The minimum absolute atomic E-state index is 0.0967. The second-order valence-corrected chi connectivity index (χ2v) is 9.70. The molecule has 2 aliphatic rings. The lowest BCUT2D eigenvalue weighted by Crippen LogP contribution is -2.46. The van der Waals surface area contributed by atoms with Crippen molar-refractivity contribution in [3.05, 3.63) is 11.1 Å². The molecule has 140 valence electrons. The number of Topliss-reactive ketones (excluding diaryl/α,β-unsaturated/α-hetero) is 1. The summed E-state index contributed by atoms with van der Waals surface area (Å²) in [6, 6.07) is 0. The first-order chi connectivity index (χ1) is 11.1. The van der Waals surface area contributed by atoms with Gasteiger partial charge in [0.15, 0.2) is 11.2 Å². The second-order valence-electron chi connectivity index (χ2n) is 9.70. The van der Waals surface area contributed by atoms with Gasteiger partial charge in [-0.15, -0.1) is 0 Å². The van der Waals surface area contributed by atoms with E-state index in [1.807, 2.05) is 6.92 Å². The van der Waals surface area contributed by atoms with Crippen molar-refractivity contribution in [2.24, 2.45) is 10.8 Å². The topological polar surface area (TPSA) is 69.7 Å². The number of esters is 2. The van der Waals surface area contributed by atoms with Gasteiger partial charge in [0.1, 0.15) is 11.2 Å². The lowest BCUT2D eigenvalue weighted by atomic mass is 9.78. The Hall–Kier alpha value is -1.65. The molecule has 0 unspecified atom stereocenters.